The zero-order valence-electron chi connectivity index (χ0n) is 10.9. The van der Waals surface area contributed by atoms with Gasteiger partial charge < -0.3 is 4.79 Å². The molecule has 0 aliphatic heterocycles. The van der Waals surface area contributed by atoms with E-state index in [-0.39, 0.29) is 5.78 Å². The first-order valence-electron chi connectivity index (χ1n) is 5.94. The van der Waals surface area contributed by atoms with Crippen LogP contribution in [0.3, 0.4) is 0 Å². The highest BCUT2D eigenvalue weighted by atomic mass is 32.1. The molecule has 0 amide bonds. The molecule has 0 saturated heterocycles. The minimum absolute atomic E-state index is 0.175. The van der Waals surface area contributed by atoms with Crippen molar-refractivity contribution in [2.24, 2.45) is 0 Å². The lowest BCUT2D eigenvalue weighted by Crippen LogP contribution is -2.02. The Labute approximate surface area is 111 Å². The van der Waals surface area contributed by atoms with E-state index in [0.29, 0.717) is 12.8 Å². The molecule has 94 valence electrons. The lowest BCUT2D eigenvalue weighted by molar-refractivity contribution is -0.117. The number of ketones is 1. The van der Waals surface area contributed by atoms with Gasteiger partial charge >= 0.3 is 0 Å². The second-order valence-electron chi connectivity index (χ2n) is 4.45. The van der Waals surface area contributed by atoms with Gasteiger partial charge in [0.05, 0.1) is 10.6 Å². The molecule has 0 fully saturated rings. The van der Waals surface area contributed by atoms with E-state index in [2.05, 4.69) is 28.3 Å². The molecule has 2 rings (SSSR count). The highest BCUT2D eigenvalue weighted by Gasteiger charge is 2.09. The zero-order chi connectivity index (χ0) is 13.1. The van der Waals surface area contributed by atoms with Gasteiger partial charge in [0.2, 0.25) is 0 Å². The first kappa shape index (κ1) is 12.9. The predicted molar refractivity (Wildman–Crippen MR) is 73.8 cm³/mol. The number of aromatic nitrogens is 2. The van der Waals surface area contributed by atoms with E-state index in [0.717, 1.165) is 17.2 Å². The third-order valence-electron chi connectivity index (χ3n) is 2.70. The molecule has 0 N–H and O–H groups in total. The van der Waals surface area contributed by atoms with Crippen LogP contribution in [0.2, 0.25) is 0 Å². The Morgan fingerprint density at radius 2 is 2.11 bits per heavy atom. The number of carbonyl (C=O) groups is 1. The van der Waals surface area contributed by atoms with Crippen molar-refractivity contribution in [3.8, 4) is 10.6 Å². The molecule has 0 aromatic carbocycles. The van der Waals surface area contributed by atoms with E-state index in [1.165, 1.54) is 10.4 Å². The van der Waals surface area contributed by atoms with Crippen LogP contribution < -0.4 is 0 Å². The molecular formula is C14H16N2OS. The van der Waals surface area contributed by atoms with Crippen molar-refractivity contribution in [2.75, 3.05) is 0 Å². The molecule has 0 aliphatic carbocycles. The SMILES string of the molecule is CC(=O)CCc1nc(C)cc(-c2sccc2C)n1. The minimum Gasteiger partial charge on any atom is -0.300 e. The zero-order valence-corrected chi connectivity index (χ0v) is 11.7. The number of Topliss-reactive ketones (excluding diaryl/α,β-unsaturated/α-hetero) is 1. The summed E-state index contributed by atoms with van der Waals surface area (Å²) in [4.78, 5) is 21.1. The summed E-state index contributed by atoms with van der Waals surface area (Å²) in [5.41, 5.74) is 3.15. The lowest BCUT2D eigenvalue weighted by Gasteiger charge is -2.05. The first-order chi connectivity index (χ1) is 8.56. The Morgan fingerprint density at radius 3 is 2.72 bits per heavy atom. The fourth-order valence-electron chi connectivity index (χ4n) is 1.78. The van der Waals surface area contributed by atoms with Crippen molar-refractivity contribution in [3.05, 3.63) is 34.6 Å². The average Bonchev–Trinajstić information content (AvgIpc) is 2.72. The summed E-state index contributed by atoms with van der Waals surface area (Å²) in [5.74, 6) is 0.932. The summed E-state index contributed by atoms with van der Waals surface area (Å²) in [6.45, 7) is 5.64. The number of hydrogen-bond donors (Lipinski definition) is 0. The maximum absolute atomic E-state index is 11.0. The highest BCUT2D eigenvalue weighted by Crippen LogP contribution is 2.27. The third kappa shape index (κ3) is 3.01. The summed E-state index contributed by atoms with van der Waals surface area (Å²) >= 11 is 1.69. The molecule has 3 nitrogen and oxygen atoms in total. The number of aryl methyl sites for hydroxylation is 3. The molecule has 2 aromatic rings. The van der Waals surface area contributed by atoms with Gasteiger partial charge in [0.25, 0.3) is 0 Å². The smallest absolute Gasteiger partial charge is 0.130 e. The van der Waals surface area contributed by atoms with Gasteiger partial charge in [-0.05, 0) is 43.8 Å². The summed E-state index contributed by atoms with van der Waals surface area (Å²) in [6.07, 6.45) is 1.13. The van der Waals surface area contributed by atoms with Crippen molar-refractivity contribution >= 4 is 17.1 Å². The Hall–Kier alpha value is -1.55. The van der Waals surface area contributed by atoms with Crippen molar-refractivity contribution < 1.29 is 4.79 Å². The second-order valence-corrected chi connectivity index (χ2v) is 5.36. The number of thiophene rings is 1. The molecule has 2 heterocycles. The third-order valence-corrected chi connectivity index (χ3v) is 3.73. The molecule has 0 atom stereocenters. The average molecular weight is 260 g/mol. The van der Waals surface area contributed by atoms with Crippen molar-refractivity contribution in [1.29, 1.82) is 0 Å². The van der Waals surface area contributed by atoms with Crippen LogP contribution in [0, 0.1) is 13.8 Å². The van der Waals surface area contributed by atoms with Gasteiger partial charge in [-0.3, -0.25) is 0 Å². The quantitative estimate of drug-likeness (QED) is 0.846. The molecule has 2 aromatic heterocycles. The Kier molecular flexibility index (Phi) is 3.87. The van der Waals surface area contributed by atoms with Gasteiger partial charge in [-0.2, -0.15) is 0 Å². The fraction of sp³-hybridized carbons (Fsp3) is 0.357. The first-order valence-corrected chi connectivity index (χ1v) is 6.82. The van der Waals surface area contributed by atoms with E-state index in [1.54, 1.807) is 18.3 Å². The van der Waals surface area contributed by atoms with Crippen LogP contribution in [-0.2, 0) is 11.2 Å². The van der Waals surface area contributed by atoms with E-state index in [4.69, 9.17) is 0 Å². The molecule has 18 heavy (non-hydrogen) atoms. The number of hydrogen-bond acceptors (Lipinski definition) is 4. The van der Waals surface area contributed by atoms with Crippen molar-refractivity contribution in [3.63, 3.8) is 0 Å². The van der Waals surface area contributed by atoms with Crippen LogP contribution in [0.25, 0.3) is 10.6 Å². The molecule has 0 unspecified atom stereocenters. The summed E-state index contributed by atoms with van der Waals surface area (Å²) < 4.78 is 0. The summed E-state index contributed by atoms with van der Waals surface area (Å²) in [6, 6.07) is 4.09. The lowest BCUT2D eigenvalue weighted by atomic mass is 10.2. The molecule has 0 bridgehead atoms. The van der Waals surface area contributed by atoms with Crippen LogP contribution in [0.4, 0.5) is 0 Å². The van der Waals surface area contributed by atoms with Gasteiger partial charge in [-0.15, -0.1) is 11.3 Å². The maximum atomic E-state index is 11.0. The molecular weight excluding hydrogens is 244 g/mol. The van der Waals surface area contributed by atoms with Gasteiger partial charge in [0.1, 0.15) is 11.6 Å². The fourth-order valence-corrected chi connectivity index (χ4v) is 2.67. The second kappa shape index (κ2) is 5.40. The number of rotatable bonds is 4. The highest BCUT2D eigenvalue weighted by molar-refractivity contribution is 7.13. The van der Waals surface area contributed by atoms with Gasteiger partial charge in [0.15, 0.2) is 0 Å². The monoisotopic (exact) mass is 260 g/mol. The Balaban J connectivity index is 2.32. The van der Waals surface area contributed by atoms with Gasteiger partial charge in [-0.1, -0.05) is 0 Å². The van der Waals surface area contributed by atoms with Crippen molar-refractivity contribution in [1.82, 2.24) is 9.97 Å². The maximum Gasteiger partial charge on any atom is 0.130 e. The minimum atomic E-state index is 0.175. The van der Waals surface area contributed by atoms with Gasteiger partial charge in [-0.25, -0.2) is 9.97 Å². The molecule has 0 saturated carbocycles. The van der Waals surface area contributed by atoms with Crippen LogP contribution in [0.5, 0.6) is 0 Å². The number of carbonyl (C=O) groups excluding carboxylic acids is 1. The summed E-state index contributed by atoms with van der Waals surface area (Å²) in [7, 11) is 0. The van der Waals surface area contributed by atoms with E-state index in [9.17, 15) is 4.79 Å². The van der Waals surface area contributed by atoms with Crippen molar-refractivity contribution in [2.45, 2.75) is 33.6 Å². The van der Waals surface area contributed by atoms with E-state index < -0.39 is 0 Å². The normalized spacial score (nSPS) is 10.6. The Bertz CT molecular complexity index is 575. The largest absolute Gasteiger partial charge is 0.300 e. The standard InChI is InChI=1S/C14H16N2OS/c1-9-6-7-18-14(9)12-8-10(2)15-13(16-12)5-4-11(3)17/h6-8H,4-5H2,1-3H3. The van der Waals surface area contributed by atoms with Crippen LogP contribution >= 0.6 is 11.3 Å². The molecule has 0 spiro atoms. The van der Waals surface area contributed by atoms with Crippen LogP contribution in [-0.4, -0.2) is 15.8 Å². The molecule has 0 radical (unpaired) electrons. The molecule has 4 heteroatoms. The number of nitrogens with zero attached hydrogens (tertiary/aromatic N) is 2. The van der Waals surface area contributed by atoms with E-state index in [1.807, 2.05) is 13.0 Å². The summed E-state index contributed by atoms with van der Waals surface area (Å²) in [5, 5.41) is 2.07. The van der Waals surface area contributed by atoms with Gasteiger partial charge in [0, 0.05) is 18.5 Å². The predicted octanol–water partition coefficient (Wildman–Crippen LogP) is 3.34. The van der Waals surface area contributed by atoms with E-state index >= 15 is 0 Å². The van der Waals surface area contributed by atoms with Crippen LogP contribution in [0.1, 0.15) is 30.4 Å². The van der Waals surface area contributed by atoms with Crippen LogP contribution in [0.15, 0.2) is 17.5 Å². The topological polar surface area (TPSA) is 42.9 Å². The Morgan fingerprint density at radius 1 is 1.33 bits per heavy atom. The molecule has 0 aliphatic rings.